The highest BCUT2D eigenvalue weighted by atomic mass is 16.7. The first kappa shape index (κ1) is 12.4. The molecule has 0 fully saturated rings. The Labute approximate surface area is 104 Å². The molecule has 1 unspecified atom stereocenters. The summed E-state index contributed by atoms with van der Waals surface area (Å²) in [5, 5.41) is 5.71. The van der Waals surface area contributed by atoms with Crippen LogP contribution in [-0.4, -0.2) is 38.9 Å². The standard InChI is InChI=1S/C10H15N7O/c1-7(11)8-14-10(16(2)18-3)15-17(8)9-12-5-4-6-13-9/h4-7H,11H2,1-3H3. The Morgan fingerprint density at radius 1 is 1.39 bits per heavy atom. The molecule has 2 rings (SSSR count). The molecule has 8 heteroatoms. The van der Waals surface area contributed by atoms with E-state index in [1.54, 1.807) is 25.5 Å². The van der Waals surface area contributed by atoms with Gasteiger partial charge >= 0.3 is 0 Å². The Kier molecular flexibility index (Phi) is 3.49. The molecule has 18 heavy (non-hydrogen) atoms. The summed E-state index contributed by atoms with van der Waals surface area (Å²) in [6.07, 6.45) is 3.27. The number of anilines is 1. The first-order valence-corrected chi connectivity index (χ1v) is 5.41. The summed E-state index contributed by atoms with van der Waals surface area (Å²) < 4.78 is 1.51. The van der Waals surface area contributed by atoms with Crippen LogP contribution in [-0.2, 0) is 4.84 Å². The van der Waals surface area contributed by atoms with E-state index in [1.807, 2.05) is 6.92 Å². The average molecular weight is 249 g/mol. The summed E-state index contributed by atoms with van der Waals surface area (Å²) >= 11 is 0. The van der Waals surface area contributed by atoms with Crippen molar-refractivity contribution in [3.63, 3.8) is 0 Å². The van der Waals surface area contributed by atoms with E-state index in [2.05, 4.69) is 20.1 Å². The molecule has 0 amide bonds. The lowest BCUT2D eigenvalue weighted by molar-refractivity contribution is 0.180. The number of hydrogen-bond donors (Lipinski definition) is 1. The van der Waals surface area contributed by atoms with Gasteiger partial charge in [0.15, 0.2) is 5.82 Å². The zero-order chi connectivity index (χ0) is 13.1. The van der Waals surface area contributed by atoms with Crippen molar-refractivity contribution in [1.29, 1.82) is 0 Å². The van der Waals surface area contributed by atoms with Crippen LogP contribution in [0.4, 0.5) is 5.95 Å². The summed E-state index contributed by atoms with van der Waals surface area (Å²) in [5.41, 5.74) is 5.87. The Morgan fingerprint density at radius 3 is 2.61 bits per heavy atom. The van der Waals surface area contributed by atoms with Crippen LogP contribution in [0.1, 0.15) is 18.8 Å². The van der Waals surface area contributed by atoms with Crippen molar-refractivity contribution in [2.75, 3.05) is 19.2 Å². The minimum atomic E-state index is -0.291. The van der Waals surface area contributed by atoms with Crippen LogP contribution in [0.2, 0.25) is 0 Å². The predicted octanol–water partition coefficient (Wildman–Crippen LogP) is 0.0746. The number of rotatable bonds is 4. The van der Waals surface area contributed by atoms with E-state index in [1.165, 1.54) is 16.9 Å². The number of hydroxylamine groups is 1. The zero-order valence-electron chi connectivity index (χ0n) is 10.5. The van der Waals surface area contributed by atoms with Crippen LogP contribution in [0.3, 0.4) is 0 Å². The molecule has 0 aliphatic rings. The van der Waals surface area contributed by atoms with Gasteiger partial charge in [-0.1, -0.05) is 0 Å². The molecule has 2 aromatic rings. The molecule has 2 heterocycles. The van der Waals surface area contributed by atoms with Crippen molar-refractivity contribution in [3.05, 3.63) is 24.3 Å². The van der Waals surface area contributed by atoms with Gasteiger partial charge in [-0.2, -0.15) is 9.67 Å². The molecule has 0 saturated heterocycles. The van der Waals surface area contributed by atoms with Gasteiger partial charge in [0, 0.05) is 19.4 Å². The lowest BCUT2D eigenvalue weighted by Crippen LogP contribution is -2.16. The molecule has 0 aromatic carbocycles. The van der Waals surface area contributed by atoms with E-state index in [4.69, 9.17) is 10.6 Å². The van der Waals surface area contributed by atoms with Crippen molar-refractivity contribution >= 4 is 5.95 Å². The maximum absolute atomic E-state index is 5.87. The highest BCUT2D eigenvalue weighted by molar-refractivity contribution is 5.27. The SMILES string of the molecule is CON(C)c1nc(C(C)N)n(-c2ncccn2)n1. The number of nitrogens with two attached hydrogens (primary N) is 1. The quantitative estimate of drug-likeness (QED) is 0.766. The second kappa shape index (κ2) is 5.07. The molecule has 0 aliphatic heterocycles. The van der Waals surface area contributed by atoms with Crippen LogP contribution in [0.15, 0.2) is 18.5 Å². The Morgan fingerprint density at radius 2 is 2.06 bits per heavy atom. The van der Waals surface area contributed by atoms with Crippen LogP contribution < -0.4 is 10.8 Å². The van der Waals surface area contributed by atoms with Crippen LogP contribution in [0, 0.1) is 0 Å². The second-order valence-corrected chi connectivity index (χ2v) is 3.70. The first-order chi connectivity index (χ1) is 8.63. The third-order valence-corrected chi connectivity index (χ3v) is 2.33. The fraction of sp³-hybridized carbons (Fsp3) is 0.400. The third kappa shape index (κ3) is 2.29. The van der Waals surface area contributed by atoms with Gasteiger partial charge < -0.3 is 5.73 Å². The van der Waals surface area contributed by atoms with E-state index in [0.29, 0.717) is 17.7 Å². The van der Waals surface area contributed by atoms with Gasteiger partial charge in [-0.15, -0.1) is 5.10 Å². The van der Waals surface area contributed by atoms with Crippen LogP contribution >= 0.6 is 0 Å². The van der Waals surface area contributed by atoms with Gasteiger partial charge in [0.05, 0.1) is 13.2 Å². The zero-order valence-corrected chi connectivity index (χ0v) is 10.5. The lowest BCUT2D eigenvalue weighted by atomic mass is 10.3. The monoisotopic (exact) mass is 249 g/mol. The first-order valence-electron chi connectivity index (χ1n) is 5.41. The Bertz CT molecular complexity index is 510. The summed E-state index contributed by atoms with van der Waals surface area (Å²) in [4.78, 5) is 17.6. The molecule has 1 atom stereocenters. The van der Waals surface area contributed by atoms with Crippen molar-refractivity contribution in [3.8, 4) is 5.95 Å². The smallest absolute Gasteiger partial charge is 0.269 e. The van der Waals surface area contributed by atoms with Gasteiger partial charge in [-0.05, 0) is 13.0 Å². The van der Waals surface area contributed by atoms with E-state index in [9.17, 15) is 0 Å². The fourth-order valence-corrected chi connectivity index (χ4v) is 1.37. The molecule has 2 aromatic heterocycles. The highest BCUT2D eigenvalue weighted by Gasteiger charge is 2.18. The van der Waals surface area contributed by atoms with E-state index in [0.717, 1.165) is 0 Å². The van der Waals surface area contributed by atoms with Crippen molar-refractivity contribution in [2.24, 2.45) is 5.73 Å². The molecule has 0 aliphatic carbocycles. The number of hydrogen-bond acceptors (Lipinski definition) is 7. The van der Waals surface area contributed by atoms with Gasteiger partial charge in [-0.3, -0.25) is 4.84 Å². The molecule has 0 radical (unpaired) electrons. The summed E-state index contributed by atoms with van der Waals surface area (Å²) in [6, 6.07) is 1.44. The molecule has 0 saturated carbocycles. The molecular weight excluding hydrogens is 234 g/mol. The molecular formula is C10H15N7O. The van der Waals surface area contributed by atoms with E-state index >= 15 is 0 Å². The van der Waals surface area contributed by atoms with E-state index < -0.39 is 0 Å². The van der Waals surface area contributed by atoms with Crippen LogP contribution in [0.5, 0.6) is 0 Å². The summed E-state index contributed by atoms with van der Waals surface area (Å²) in [6.45, 7) is 1.82. The van der Waals surface area contributed by atoms with Gasteiger partial charge in [0.1, 0.15) is 0 Å². The maximum Gasteiger partial charge on any atom is 0.269 e. The molecule has 0 bridgehead atoms. The second-order valence-electron chi connectivity index (χ2n) is 3.70. The fourth-order valence-electron chi connectivity index (χ4n) is 1.37. The number of aromatic nitrogens is 5. The molecule has 8 nitrogen and oxygen atoms in total. The van der Waals surface area contributed by atoms with Crippen molar-refractivity contribution < 1.29 is 4.84 Å². The molecule has 96 valence electrons. The van der Waals surface area contributed by atoms with Gasteiger partial charge in [0.2, 0.25) is 0 Å². The Hall–Kier alpha value is -2.06. The minimum Gasteiger partial charge on any atom is -0.322 e. The van der Waals surface area contributed by atoms with Gasteiger partial charge in [0.25, 0.3) is 11.9 Å². The summed E-state index contributed by atoms with van der Waals surface area (Å²) in [5.74, 6) is 1.39. The molecule has 0 spiro atoms. The predicted molar refractivity (Wildman–Crippen MR) is 65.0 cm³/mol. The maximum atomic E-state index is 5.87. The third-order valence-electron chi connectivity index (χ3n) is 2.33. The Balaban J connectivity index is 2.49. The highest BCUT2D eigenvalue weighted by Crippen LogP contribution is 2.15. The lowest BCUT2D eigenvalue weighted by Gasteiger charge is -2.09. The minimum absolute atomic E-state index is 0.291. The van der Waals surface area contributed by atoms with E-state index in [-0.39, 0.29) is 6.04 Å². The van der Waals surface area contributed by atoms with Crippen molar-refractivity contribution in [1.82, 2.24) is 24.7 Å². The van der Waals surface area contributed by atoms with Crippen LogP contribution in [0.25, 0.3) is 5.95 Å². The van der Waals surface area contributed by atoms with Gasteiger partial charge in [-0.25, -0.2) is 15.0 Å². The topological polar surface area (TPSA) is 95.0 Å². The average Bonchev–Trinajstić information content (AvgIpc) is 2.84. The normalized spacial score (nSPS) is 12.4. The number of nitrogens with zero attached hydrogens (tertiary/aromatic N) is 6. The van der Waals surface area contributed by atoms with Crippen molar-refractivity contribution in [2.45, 2.75) is 13.0 Å². The summed E-state index contributed by atoms with van der Waals surface area (Å²) in [7, 11) is 3.24. The largest absolute Gasteiger partial charge is 0.322 e. The molecule has 2 N–H and O–H groups in total.